The van der Waals surface area contributed by atoms with Crippen LogP contribution in [0.25, 0.3) is 0 Å². The number of aromatic nitrogens is 1. The maximum absolute atomic E-state index is 11.8. The van der Waals surface area contributed by atoms with Crippen molar-refractivity contribution in [2.24, 2.45) is 0 Å². The number of fused-ring (bicyclic) bond motifs is 1. The molecular formula is C16H23N3O2. The molecule has 2 aliphatic heterocycles. The lowest BCUT2D eigenvalue weighted by atomic mass is 9.98. The van der Waals surface area contributed by atoms with Gasteiger partial charge in [0.1, 0.15) is 0 Å². The van der Waals surface area contributed by atoms with Crippen molar-refractivity contribution >= 4 is 5.91 Å². The van der Waals surface area contributed by atoms with Gasteiger partial charge < -0.3 is 9.64 Å². The maximum atomic E-state index is 11.8. The van der Waals surface area contributed by atoms with E-state index in [-0.39, 0.29) is 18.1 Å². The van der Waals surface area contributed by atoms with Gasteiger partial charge in [-0.25, -0.2) is 0 Å². The average Bonchev–Trinajstić information content (AvgIpc) is 2.46. The molecule has 3 rings (SSSR count). The van der Waals surface area contributed by atoms with Gasteiger partial charge in [-0.3, -0.25) is 14.7 Å². The molecule has 5 nitrogen and oxygen atoms in total. The van der Waals surface area contributed by atoms with Crippen LogP contribution in [0.1, 0.15) is 24.7 Å². The molecule has 5 heteroatoms. The van der Waals surface area contributed by atoms with Crippen LogP contribution >= 0.6 is 0 Å². The Kier molecular flexibility index (Phi) is 4.22. The molecule has 2 saturated heterocycles. The van der Waals surface area contributed by atoms with Crippen LogP contribution in [0.15, 0.2) is 18.2 Å². The Labute approximate surface area is 125 Å². The number of hydrogen-bond acceptors (Lipinski definition) is 4. The molecule has 0 aromatic carbocycles. The Bertz CT molecular complexity index is 520. The lowest BCUT2D eigenvalue weighted by Gasteiger charge is -2.46. The van der Waals surface area contributed by atoms with Gasteiger partial charge in [-0.15, -0.1) is 0 Å². The van der Waals surface area contributed by atoms with E-state index in [0.29, 0.717) is 13.2 Å². The zero-order valence-electron chi connectivity index (χ0n) is 12.8. The first-order valence-corrected chi connectivity index (χ1v) is 7.67. The predicted octanol–water partition coefficient (Wildman–Crippen LogP) is 1.21. The van der Waals surface area contributed by atoms with Crippen LogP contribution in [0, 0.1) is 6.92 Å². The van der Waals surface area contributed by atoms with E-state index in [1.807, 2.05) is 17.9 Å². The SMILES string of the molecule is CC(=O)N1CCO[C@@H]2CCN(Cc3cccc(C)n3)C[C@H]21. The largest absolute Gasteiger partial charge is 0.374 e. The molecule has 1 aromatic heterocycles. The maximum Gasteiger partial charge on any atom is 0.219 e. The van der Waals surface area contributed by atoms with Crippen LogP contribution in [0.3, 0.4) is 0 Å². The molecule has 1 aromatic rings. The third-order valence-electron chi connectivity index (χ3n) is 4.40. The molecule has 114 valence electrons. The van der Waals surface area contributed by atoms with E-state index < -0.39 is 0 Å². The van der Waals surface area contributed by atoms with Crippen LogP contribution < -0.4 is 0 Å². The molecule has 0 N–H and O–H groups in total. The highest BCUT2D eigenvalue weighted by Gasteiger charge is 2.38. The van der Waals surface area contributed by atoms with Gasteiger partial charge in [0, 0.05) is 38.8 Å². The van der Waals surface area contributed by atoms with Crippen LogP contribution in [0.4, 0.5) is 0 Å². The summed E-state index contributed by atoms with van der Waals surface area (Å²) in [5.74, 6) is 0.156. The lowest BCUT2D eigenvalue weighted by molar-refractivity contribution is -0.150. The van der Waals surface area contributed by atoms with Gasteiger partial charge in [0.05, 0.1) is 24.4 Å². The second kappa shape index (κ2) is 6.12. The highest BCUT2D eigenvalue weighted by molar-refractivity contribution is 5.73. The Morgan fingerprint density at radius 3 is 3.05 bits per heavy atom. The number of hydrogen-bond donors (Lipinski definition) is 0. The molecule has 0 spiro atoms. The Morgan fingerprint density at radius 2 is 2.29 bits per heavy atom. The Morgan fingerprint density at radius 1 is 1.43 bits per heavy atom. The summed E-state index contributed by atoms with van der Waals surface area (Å²) in [4.78, 5) is 20.7. The smallest absolute Gasteiger partial charge is 0.219 e. The molecule has 0 unspecified atom stereocenters. The summed E-state index contributed by atoms with van der Waals surface area (Å²) in [6.07, 6.45) is 1.18. The summed E-state index contributed by atoms with van der Waals surface area (Å²) in [5, 5.41) is 0. The van der Waals surface area contributed by atoms with Crippen molar-refractivity contribution in [2.45, 2.75) is 39.0 Å². The first kappa shape index (κ1) is 14.5. The molecule has 3 heterocycles. The zero-order chi connectivity index (χ0) is 14.8. The number of carbonyl (C=O) groups excluding carboxylic acids is 1. The number of likely N-dealkylation sites (tertiary alicyclic amines) is 1. The van der Waals surface area contributed by atoms with Crippen molar-refractivity contribution in [2.75, 3.05) is 26.2 Å². The summed E-state index contributed by atoms with van der Waals surface area (Å²) >= 11 is 0. The van der Waals surface area contributed by atoms with Crippen molar-refractivity contribution in [1.82, 2.24) is 14.8 Å². The zero-order valence-corrected chi connectivity index (χ0v) is 12.8. The van der Waals surface area contributed by atoms with E-state index in [4.69, 9.17) is 4.74 Å². The van der Waals surface area contributed by atoms with Crippen molar-refractivity contribution in [3.63, 3.8) is 0 Å². The molecule has 0 bridgehead atoms. The first-order chi connectivity index (χ1) is 10.1. The van der Waals surface area contributed by atoms with Crippen LogP contribution in [0.2, 0.25) is 0 Å². The Hall–Kier alpha value is -1.46. The van der Waals surface area contributed by atoms with Gasteiger partial charge in [0.15, 0.2) is 0 Å². The predicted molar refractivity (Wildman–Crippen MR) is 79.8 cm³/mol. The highest BCUT2D eigenvalue weighted by atomic mass is 16.5. The number of rotatable bonds is 2. The number of aryl methyl sites for hydroxylation is 1. The van der Waals surface area contributed by atoms with Gasteiger partial charge in [-0.1, -0.05) is 6.07 Å². The normalized spacial score (nSPS) is 26.5. The fourth-order valence-electron chi connectivity index (χ4n) is 3.39. The number of ether oxygens (including phenoxy) is 1. The average molecular weight is 289 g/mol. The first-order valence-electron chi connectivity index (χ1n) is 7.67. The number of carbonyl (C=O) groups is 1. The summed E-state index contributed by atoms with van der Waals surface area (Å²) in [6.45, 7) is 7.78. The summed E-state index contributed by atoms with van der Waals surface area (Å²) < 4.78 is 5.84. The second-order valence-electron chi connectivity index (χ2n) is 5.98. The molecule has 0 saturated carbocycles. The molecule has 21 heavy (non-hydrogen) atoms. The van der Waals surface area contributed by atoms with E-state index in [0.717, 1.165) is 37.4 Å². The van der Waals surface area contributed by atoms with Gasteiger partial charge in [-0.2, -0.15) is 0 Å². The van der Waals surface area contributed by atoms with E-state index >= 15 is 0 Å². The van der Waals surface area contributed by atoms with E-state index in [9.17, 15) is 4.79 Å². The van der Waals surface area contributed by atoms with E-state index in [2.05, 4.69) is 22.0 Å². The Balaban J connectivity index is 1.68. The van der Waals surface area contributed by atoms with Gasteiger partial charge >= 0.3 is 0 Å². The quantitative estimate of drug-likeness (QED) is 0.821. The monoisotopic (exact) mass is 289 g/mol. The lowest BCUT2D eigenvalue weighted by Crippen LogP contribution is -2.60. The minimum Gasteiger partial charge on any atom is -0.374 e. The van der Waals surface area contributed by atoms with Crippen LogP contribution in [-0.4, -0.2) is 59.1 Å². The minimum atomic E-state index is 0.156. The van der Waals surface area contributed by atoms with E-state index in [1.54, 1.807) is 6.92 Å². The van der Waals surface area contributed by atoms with Crippen molar-refractivity contribution in [3.8, 4) is 0 Å². The third-order valence-corrected chi connectivity index (χ3v) is 4.40. The molecule has 2 aliphatic rings. The fourth-order valence-corrected chi connectivity index (χ4v) is 3.39. The minimum absolute atomic E-state index is 0.156. The molecule has 0 radical (unpaired) electrons. The third kappa shape index (κ3) is 3.24. The van der Waals surface area contributed by atoms with Crippen molar-refractivity contribution < 1.29 is 9.53 Å². The van der Waals surface area contributed by atoms with Gasteiger partial charge in [0.2, 0.25) is 5.91 Å². The molecule has 2 fully saturated rings. The number of nitrogens with zero attached hydrogens (tertiary/aromatic N) is 3. The highest BCUT2D eigenvalue weighted by Crippen LogP contribution is 2.24. The van der Waals surface area contributed by atoms with Gasteiger partial charge in [0.25, 0.3) is 0 Å². The number of piperidine rings is 1. The number of pyridine rings is 1. The van der Waals surface area contributed by atoms with Crippen LogP contribution in [-0.2, 0) is 16.1 Å². The molecule has 1 amide bonds. The van der Waals surface area contributed by atoms with Gasteiger partial charge in [-0.05, 0) is 25.5 Å². The fraction of sp³-hybridized carbons (Fsp3) is 0.625. The molecule has 2 atom stereocenters. The van der Waals surface area contributed by atoms with Crippen LogP contribution in [0.5, 0.6) is 0 Å². The molecular weight excluding hydrogens is 266 g/mol. The standard InChI is InChI=1S/C16H23N3O2/c1-12-4-3-5-14(17-12)10-18-7-6-16-15(11-18)19(13(2)20)8-9-21-16/h3-5,15-16H,6-11H2,1-2H3/t15-,16-/m1/s1. The second-order valence-corrected chi connectivity index (χ2v) is 5.98. The van der Waals surface area contributed by atoms with Crippen molar-refractivity contribution in [3.05, 3.63) is 29.6 Å². The van der Waals surface area contributed by atoms with Crippen molar-refractivity contribution in [1.29, 1.82) is 0 Å². The number of morpholine rings is 1. The summed E-state index contributed by atoms with van der Waals surface area (Å²) in [6, 6.07) is 6.33. The molecule has 0 aliphatic carbocycles. The summed E-state index contributed by atoms with van der Waals surface area (Å²) in [7, 11) is 0. The number of amides is 1. The topological polar surface area (TPSA) is 45.7 Å². The van der Waals surface area contributed by atoms with E-state index in [1.165, 1.54) is 0 Å². The summed E-state index contributed by atoms with van der Waals surface area (Å²) in [5.41, 5.74) is 2.15.